The van der Waals surface area contributed by atoms with Crippen LogP contribution in [0.25, 0.3) is 0 Å². The first-order chi connectivity index (χ1) is 9.72. The smallest absolute Gasteiger partial charge is 0.326 e. The lowest BCUT2D eigenvalue weighted by molar-refractivity contribution is -0.385. The molecule has 4 N–H and O–H groups in total. The predicted molar refractivity (Wildman–Crippen MR) is 73.5 cm³/mol. The molecule has 0 aliphatic carbocycles. The number of hydrogen-bond acceptors (Lipinski definition) is 5. The van der Waals surface area contributed by atoms with Crippen LogP contribution in [0.4, 0.5) is 5.69 Å². The molecule has 2 amide bonds. The highest BCUT2D eigenvalue weighted by molar-refractivity contribution is 9.10. The summed E-state index contributed by atoms with van der Waals surface area (Å²) in [6.07, 6.45) is -0.584. The van der Waals surface area contributed by atoms with Gasteiger partial charge in [0.2, 0.25) is 5.91 Å². The Hall–Kier alpha value is -2.49. The molecule has 0 aromatic heterocycles. The van der Waals surface area contributed by atoms with E-state index in [2.05, 4.69) is 21.2 Å². The molecule has 1 aromatic carbocycles. The van der Waals surface area contributed by atoms with E-state index in [1.807, 2.05) is 0 Å². The zero-order chi connectivity index (χ0) is 16.2. The number of aliphatic carboxylic acids is 1. The molecule has 21 heavy (non-hydrogen) atoms. The number of carbonyl (C=O) groups excluding carboxylic acids is 2. The third-order valence-electron chi connectivity index (χ3n) is 2.41. The Morgan fingerprint density at radius 2 is 2.05 bits per heavy atom. The summed E-state index contributed by atoms with van der Waals surface area (Å²) in [6.45, 7) is 0. The number of hydrogen-bond donors (Lipinski definition) is 3. The van der Waals surface area contributed by atoms with Crippen LogP contribution >= 0.6 is 15.9 Å². The van der Waals surface area contributed by atoms with E-state index in [9.17, 15) is 24.5 Å². The van der Waals surface area contributed by atoms with Gasteiger partial charge in [-0.2, -0.15) is 0 Å². The van der Waals surface area contributed by atoms with Crippen molar-refractivity contribution in [1.82, 2.24) is 5.32 Å². The molecular weight excluding hydrogens is 350 g/mol. The molecule has 0 fully saturated rings. The van der Waals surface area contributed by atoms with Gasteiger partial charge in [0.1, 0.15) is 6.04 Å². The minimum Gasteiger partial charge on any atom is -0.480 e. The molecule has 1 unspecified atom stereocenters. The van der Waals surface area contributed by atoms with E-state index in [0.29, 0.717) is 0 Å². The second-order valence-corrected chi connectivity index (χ2v) is 4.81. The topological polar surface area (TPSA) is 153 Å². The van der Waals surface area contributed by atoms with E-state index in [-0.39, 0.29) is 15.7 Å². The van der Waals surface area contributed by atoms with Crippen molar-refractivity contribution in [2.45, 2.75) is 12.5 Å². The van der Waals surface area contributed by atoms with Gasteiger partial charge in [0.15, 0.2) is 0 Å². The minimum atomic E-state index is -1.50. The Kier molecular flexibility index (Phi) is 5.36. The van der Waals surface area contributed by atoms with Crippen LogP contribution in [0, 0.1) is 10.1 Å². The molecule has 112 valence electrons. The number of nitro benzene ring substituents is 1. The Bertz CT molecular complexity index is 618. The number of halogens is 1. The summed E-state index contributed by atoms with van der Waals surface area (Å²) in [5.74, 6) is -3.20. The van der Waals surface area contributed by atoms with Crippen LogP contribution < -0.4 is 11.1 Å². The minimum absolute atomic E-state index is 0.111. The Morgan fingerprint density at radius 3 is 2.52 bits per heavy atom. The molecule has 0 aliphatic rings. The highest BCUT2D eigenvalue weighted by Gasteiger charge is 2.24. The second kappa shape index (κ2) is 6.79. The van der Waals surface area contributed by atoms with Crippen molar-refractivity contribution >= 4 is 39.4 Å². The Balaban J connectivity index is 2.97. The van der Waals surface area contributed by atoms with Crippen molar-refractivity contribution in [3.8, 4) is 0 Å². The number of nitrogens with zero attached hydrogens (tertiary/aromatic N) is 1. The second-order valence-electron chi connectivity index (χ2n) is 3.96. The molecule has 1 aromatic rings. The SMILES string of the molecule is NC(=O)CC(NC(=O)c1ccc(Br)c([N+](=O)[O-])c1)C(=O)O. The van der Waals surface area contributed by atoms with Crippen molar-refractivity contribution < 1.29 is 24.4 Å². The maximum Gasteiger partial charge on any atom is 0.326 e. The van der Waals surface area contributed by atoms with Crippen LogP contribution in [0.5, 0.6) is 0 Å². The van der Waals surface area contributed by atoms with Gasteiger partial charge < -0.3 is 16.2 Å². The van der Waals surface area contributed by atoms with Gasteiger partial charge in [-0.25, -0.2) is 4.79 Å². The maximum absolute atomic E-state index is 11.9. The first kappa shape index (κ1) is 16.6. The predicted octanol–water partition coefficient (Wildman–Crippen LogP) is 0.416. The molecule has 0 radical (unpaired) electrons. The van der Waals surface area contributed by atoms with E-state index >= 15 is 0 Å². The lowest BCUT2D eigenvalue weighted by Gasteiger charge is -2.12. The van der Waals surface area contributed by atoms with Gasteiger partial charge in [0, 0.05) is 11.6 Å². The van der Waals surface area contributed by atoms with E-state index in [1.165, 1.54) is 12.1 Å². The van der Waals surface area contributed by atoms with Crippen LogP contribution in [0.2, 0.25) is 0 Å². The summed E-state index contributed by atoms with van der Waals surface area (Å²) < 4.78 is 0.177. The summed E-state index contributed by atoms with van der Waals surface area (Å²) >= 11 is 2.96. The summed E-state index contributed by atoms with van der Waals surface area (Å²) in [7, 11) is 0. The number of nitrogens with one attached hydrogen (secondary N) is 1. The molecule has 0 heterocycles. The average molecular weight is 360 g/mol. The van der Waals surface area contributed by atoms with E-state index < -0.39 is 35.2 Å². The first-order valence-electron chi connectivity index (χ1n) is 5.48. The number of benzene rings is 1. The molecule has 0 bridgehead atoms. The van der Waals surface area contributed by atoms with Crippen LogP contribution in [-0.2, 0) is 9.59 Å². The lowest BCUT2D eigenvalue weighted by atomic mass is 10.1. The number of amides is 2. The lowest BCUT2D eigenvalue weighted by Crippen LogP contribution is -2.43. The molecule has 9 nitrogen and oxygen atoms in total. The fourth-order valence-corrected chi connectivity index (χ4v) is 1.83. The fourth-order valence-electron chi connectivity index (χ4n) is 1.44. The van der Waals surface area contributed by atoms with Gasteiger partial charge in [0.05, 0.1) is 15.8 Å². The summed E-state index contributed by atoms with van der Waals surface area (Å²) in [6, 6.07) is 2.05. The van der Waals surface area contributed by atoms with Crippen LogP contribution in [0.1, 0.15) is 16.8 Å². The van der Waals surface area contributed by atoms with Gasteiger partial charge in [-0.1, -0.05) is 0 Å². The Labute approximate surface area is 126 Å². The van der Waals surface area contributed by atoms with Gasteiger partial charge in [-0.15, -0.1) is 0 Å². The number of primary amides is 1. The van der Waals surface area contributed by atoms with E-state index in [0.717, 1.165) is 6.07 Å². The molecule has 10 heteroatoms. The standard InChI is InChI=1S/C11H10BrN3O6/c12-6-2-1-5(3-8(6)15(20)21)10(17)14-7(11(18)19)4-9(13)16/h1-3,7H,4H2,(H2,13,16)(H,14,17)(H,18,19). The molecule has 0 saturated heterocycles. The molecule has 0 aliphatic heterocycles. The van der Waals surface area contributed by atoms with Crippen LogP contribution in [-0.4, -0.2) is 33.9 Å². The van der Waals surface area contributed by atoms with Gasteiger partial charge in [-0.05, 0) is 28.1 Å². The van der Waals surface area contributed by atoms with Crippen molar-refractivity contribution in [1.29, 1.82) is 0 Å². The number of rotatable bonds is 6. The largest absolute Gasteiger partial charge is 0.480 e. The van der Waals surface area contributed by atoms with Crippen molar-refractivity contribution in [2.24, 2.45) is 5.73 Å². The number of carboxylic acids is 1. The van der Waals surface area contributed by atoms with Crippen LogP contribution in [0.3, 0.4) is 0 Å². The summed E-state index contributed by atoms with van der Waals surface area (Å²) in [4.78, 5) is 43.6. The molecule has 1 atom stereocenters. The molecule has 1 rings (SSSR count). The van der Waals surface area contributed by atoms with Crippen molar-refractivity contribution in [2.75, 3.05) is 0 Å². The fraction of sp³-hybridized carbons (Fsp3) is 0.182. The number of nitrogens with two attached hydrogens (primary N) is 1. The summed E-state index contributed by atoms with van der Waals surface area (Å²) in [5, 5.41) is 21.7. The van der Waals surface area contributed by atoms with Crippen molar-refractivity contribution in [3.63, 3.8) is 0 Å². The molecule has 0 spiro atoms. The monoisotopic (exact) mass is 359 g/mol. The first-order valence-corrected chi connectivity index (χ1v) is 6.27. The Morgan fingerprint density at radius 1 is 1.43 bits per heavy atom. The zero-order valence-corrected chi connectivity index (χ0v) is 12.0. The normalized spacial score (nSPS) is 11.5. The quantitative estimate of drug-likeness (QED) is 0.494. The average Bonchev–Trinajstić information content (AvgIpc) is 2.37. The third kappa shape index (κ3) is 4.53. The summed E-state index contributed by atoms with van der Waals surface area (Å²) in [5.41, 5.74) is 4.43. The highest BCUT2D eigenvalue weighted by atomic mass is 79.9. The molecule has 0 saturated carbocycles. The van der Waals surface area contributed by atoms with E-state index in [1.54, 1.807) is 0 Å². The zero-order valence-electron chi connectivity index (χ0n) is 10.4. The number of carboxylic acid groups (broad SMARTS) is 1. The van der Waals surface area contributed by atoms with Gasteiger partial charge in [-0.3, -0.25) is 19.7 Å². The van der Waals surface area contributed by atoms with Gasteiger partial charge >= 0.3 is 5.97 Å². The van der Waals surface area contributed by atoms with Crippen molar-refractivity contribution in [3.05, 3.63) is 38.3 Å². The van der Waals surface area contributed by atoms with Crippen LogP contribution in [0.15, 0.2) is 22.7 Å². The maximum atomic E-state index is 11.9. The number of nitro groups is 1. The van der Waals surface area contributed by atoms with E-state index in [4.69, 9.17) is 10.8 Å². The highest BCUT2D eigenvalue weighted by Crippen LogP contribution is 2.25. The third-order valence-corrected chi connectivity index (χ3v) is 3.08. The molecular formula is C11H10BrN3O6. The number of carbonyl (C=O) groups is 3. The van der Waals surface area contributed by atoms with Gasteiger partial charge in [0.25, 0.3) is 11.6 Å².